The molecule has 2 aromatic rings. The molecule has 5 rings (SSSR count). The van der Waals surface area contributed by atoms with E-state index >= 15 is 0 Å². The predicted molar refractivity (Wildman–Crippen MR) is 95.1 cm³/mol. The van der Waals surface area contributed by atoms with Crippen LogP contribution in [0.3, 0.4) is 0 Å². The maximum absolute atomic E-state index is 13.1. The lowest BCUT2D eigenvalue weighted by Crippen LogP contribution is -2.53. The van der Waals surface area contributed by atoms with Crippen molar-refractivity contribution < 1.29 is 14.6 Å². The van der Waals surface area contributed by atoms with Gasteiger partial charge in [0.2, 0.25) is 0 Å². The van der Waals surface area contributed by atoms with Crippen LogP contribution < -0.4 is 0 Å². The number of carbonyl (C=O) groups excluding carboxylic acids is 1. The third-order valence-electron chi connectivity index (χ3n) is 5.50. The number of nitrogens with zero attached hydrogens (tertiary/aromatic N) is 3. The minimum atomic E-state index is -1.77. The fourth-order valence-corrected chi connectivity index (χ4v) is 3.97. The highest BCUT2D eigenvalue weighted by atomic mass is 16.6. The molecule has 136 valence electrons. The number of ether oxygens (including phenoxy) is 1. The van der Waals surface area contributed by atoms with Crippen LogP contribution >= 0.6 is 0 Å². The first kappa shape index (κ1) is 17.1. The Morgan fingerprint density at radius 3 is 2.62 bits per heavy atom. The van der Waals surface area contributed by atoms with Crippen molar-refractivity contribution in [3.8, 4) is 0 Å². The molecular formula is C20H23N3O3. The Kier molecular flexibility index (Phi) is 4.70. The van der Waals surface area contributed by atoms with Crippen LogP contribution in [0.2, 0.25) is 0 Å². The maximum Gasteiger partial charge on any atom is 0.343 e. The molecule has 1 aromatic heterocycles. The second-order valence-electron chi connectivity index (χ2n) is 7.18. The SMILES string of the molecule is O=C(O[C@H]1CN2CCC1CC2)C(O)(Cc1cnccn1)c1ccccc1. The van der Waals surface area contributed by atoms with Crippen molar-refractivity contribution >= 4 is 5.97 Å². The Bertz CT molecular complexity index is 747. The normalized spacial score (nSPS) is 26.9. The van der Waals surface area contributed by atoms with Gasteiger partial charge in [0.05, 0.1) is 5.69 Å². The van der Waals surface area contributed by atoms with Crippen molar-refractivity contribution in [3.05, 3.63) is 60.2 Å². The molecule has 0 spiro atoms. The van der Waals surface area contributed by atoms with Gasteiger partial charge < -0.3 is 9.84 Å². The monoisotopic (exact) mass is 353 g/mol. The van der Waals surface area contributed by atoms with Gasteiger partial charge in [0, 0.05) is 31.6 Å². The Morgan fingerprint density at radius 1 is 1.23 bits per heavy atom. The largest absolute Gasteiger partial charge is 0.458 e. The van der Waals surface area contributed by atoms with E-state index in [2.05, 4.69) is 14.9 Å². The number of esters is 1. The summed E-state index contributed by atoms with van der Waals surface area (Å²) < 4.78 is 5.84. The summed E-state index contributed by atoms with van der Waals surface area (Å²) in [7, 11) is 0. The number of aromatic nitrogens is 2. The molecule has 3 aliphatic rings. The van der Waals surface area contributed by atoms with E-state index < -0.39 is 11.6 Å². The van der Waals surface area contributed by atoms with Crippen LogP contribution in [0.4, 0.5) is 0 Å². The van der Waals surface area contributed by atoms with Gasteiger partial charge >= 0.3 is 5.97 Å². The zero-order valence-electron chi connectivity index (χ0n) is 14.6. The van der Waals surface area contributed by atoms with E-state index in [1.165, 1.54) is 0 Å². The fourth-order valence-electron chi connectivity index (χ4n) is 3.97. The summed E-state index contributed by atoms with van der Waals surface area (Å²) in [4.78, 5) is 23.7. The van der Waals surface area contributed by atoms with Crippen molar-refractivity contribution in [3.63, 3.8) is 0 Å². The number of carbonyl (C=O) groups is 1. The summed E-state index contributed by atoms with van der Waals surface area (Å²) in [6, 6.07) is 8.95. The van der Waals surface area contributed by atoms with Gasteiger partial charge in [-0.15, -0.1) is 0 Å². The summed E-state index contributed by atoms with van der Waals surface area (Å²) in [6.45, 7) is 2.90. The third-order valence-corrected chi connectivity index (χ3v) is 5.50. The van der Waals surface area contributed by atoms with Gasteiger partial charge in [-0.25, -0.2) is 4.79 Å². The van der Waals surface area contributed by atoms with Crippen LogP contribution in [0.1, 0.15) is 24.1 Å². The summed E-state index contributed by atoms with van der Waals surface area (Å²) >= 11 is 0. The van der Waals surface area contributed by atoms with Crippen molar-refractivity contribution in [2.24, 2.45) is 5.92 Å². The van der Waals surface area contributed by atoms with Gasteiger partial charge in [-0.1, -0.05) is 30.3 Å². The summed E-state index contributed by atoms with van der Waals surface area (Å²) in [5.74, 6) is -0.214. The minimum absolute atomic E-state index is 0.0325. The molecule has 0 saturated carbocycles. The molecule has 3 fully saturated rings. The Labute approximate surface area is 152 Å². The zero-order valence-corrected chi connectivity index (χ0v) is 14.6. The fraction of sp³-hybridized carbons (Fsp3) is 0.450. The van der Waals surface area contributed by atoms with E-state index in [1.54, 1.807) is 42.9 Å². The quantitative estimate of drug-likeness (QED) is 0.822. The lowest BCUT2D eigenvalue weighted by molar-refractivity contribution is -0.181. The number of hydrogen-bond acceptors (Lipinski definition) is 6. The van der Waals surface area contributed by atoms with Gasteiger partial charge in [-0.05, 0) is 37.4 Å². The van der Waals surface area contributed by atoms with E-state index in [0.717, 1.165) is 32.5 Å². The molecule has 3 aliphatic heterocycles. The third kappa shape index (κ3) is 3.34. The average Bonchev–Trinajstić information content (AvgIpc) is 2.70. The molecular weight excluding hydrogens is 330 g/mol. The van der Waals surface area contributed by atoms with Crippen molar-refractivity contribution in [2.45, 2.75) is 31.0 Å². The second kappa shape index (κ2) is 7.13. The lowest BCUT2D eigenvalue weighted by atomic mass is 9.85. The number of piperidine rings is 3. The van der Waals surface area contributed by atoms with Crippen molar-refractivity contribution in [1.29, 1.82) is 0 Å². The van der Waals surface area contributed by atoms with Crippen LogP contribution in [0.5, 0.6) is 0 Å². The molecule has 4 heterocycles. The van der Waals surface area contributed by atoms with Crippen LogP contribution in [-0.4, -0.2) is 51.7 Å². The molecule has 0 aliphatic carbocycles. The van der Waals surface area contributed by atoms with Gasteiger partial charge in [0.25, 0.3) is 0 Å². The zero-order chi connectivity index (χ0) is 18.0. The predicted octanol–water partition coefficient (Wildman–Crippen LogP) is 1.54. The van der Waals surface area contributed by atoms with E-state index in [-0.39, 0.29) is 12.5 Å². The van der Waals surface area contributed by atoms with Crippen LogP contribution in [0.25, 0.3) is 0 Å². The Hall–Kier alpha value is -2.31. The van der Waals surface area contributed by atoms with Crippen LogP contribution in [-0.2, 0) is 21.6 Å². The molecule has 6 nitrogen and oxygen atoms in total. The lowest BCUT2D eigenvalue weighted by Gasteiger charge is -2.44. The summed E-state index contributed by atoms with van der Waals surface area (Å²) in [5, 5.41) is 11.3. The number of benzene rings is 1. The first-order valence-corrected chi connectivity index (χ1v) is 9.11. The Balaban J connectivity index is 1.59. The molecule has 26 heavy (non-hydrogen) atoms. The molecule has 6 heteroatoms. The second-order valence-corrected chi connectivity index (χ2v) is 7.18. The maximum atomic E-state index is 13.1. The topological polar surface area (TPSA) is 75.5 Å². The van der Waals surface area contributed by atoms with E-state index in [9.17, 15) is 9.90 Å². The highest BCUT2D eigenvalue weighted by molar-refractivity contribution is 5.81. The molecule has 1 aromatic carbocycles. The molecule has 2 bridgehead atoms. The molecule has 0 radical (unpaired) electrons. The molecule has 2 atom stereocenters. The first-order chi connectivity index (χ1) is 12.6. The molecule has 3 saturated heterocycles. The van der Waals surface area contributed by atoms with Gasteiger partial charge in [0.15, 0.2) is 5.60 Å². The smallest absolute Gasteiger partial charge is 0.343 e. The number of aliphatic hydroxyl groups is 1. The van der Waals surface area contributed by atoms with Crippen LogP contribution in [0.15, 0.2) is 48.9 Å². The van der Waals surface area contributed by atoms with Gasteiger partial charge in [-0.3, -0.25) is 14.9 Å². The van der Waals surface area contributed by atoms with Gasteiger partial charge in [-0.2, -0.15) is 0 Å². The van der Waals surface area contributed by atoms with E-state index in [0.29, 0.717) is 17.2 Å². The van der Waals surface area contributed by atoms with Gasteiger partial charge in [0.1, 0.15) is 6.10 Å². The molecule has 1 N–H and O–H groups in total. The van der Waals surface area contributed by atoms with Crippen molar-refractivity contribution in [1.82, 2.24) is 14.9 Å². The van der Waals surface area contributed by atoms with E-state index in [1.807, 2.05) is 6.07 Å². The van der Waals surface area contributed by atoms with Crippen LogP contribution in [0, 0.1) is 5.92 Å². The highest BCUT2D eigenvalue weighted by Gasteiger charge is 2.44. The standard InChI is InChI=1S/C20H23N3O3/c24-19(26-18-14-23-10-6-15(18)7-11-23)20(25,16-4-2-1-3-5-16)12-17-13-21-8-9-22-17/h1-5,8-9,13,15,18,25H,6-7,10-12,14H2/t18-,20?/m0/s1. The summed E-state index contributed by atoms with van der Waals surface area (Å²) in [6.07, 6.45) is 6.66. The van der Waals surface area contributed by atoms with Crippen molar-refractivity contribution in [2.75, 3.05) is 19.6 Å². The number of rotatable bonds is 5. The molecule has 1 unspecified atom stereocenters. The minimum Gasteiger partial charge on any atom is -0.458 e. The summed E-state index contributed by atoms with van der Waals surface area (Å²) in [5.41, 5.74) is -0.717. The number of hydrogen-bond donors (Lipinski definition) is 1. The number of fused-ring (bicyclic) bond motifs is 3. The molecule has 0 amide bonds. The Morgan fingerprint density at radius 2 is 2.00 bits per heavy atom. The van der Waals surface area contributed by atoms with E-state index in [4.69, 9.17) is 4.74 Å². The average molecular weight is 353 g/mol. The first-order valence-electron chi connectivity index (χ1n) is 9.11. The highest BCUT2D eigenvalue weighted by Crippen LogP contribution is 2.33.